The monoisotopic (exact) mass is 599 g/mol. The number of rotatable bonds is 10. The van der Waals surface area contributed by atoms with Gasteiger partial charge in [-0.2, -0.15) is 0 Å². The Kier molecular flexibility index (Phi) is 7.94. The van der Waals surface area contributed by atoms with E-state index < -0.39 is 27.2 Å². The quantitative estimate of drug-likeness (QED) is 0.230. The second-order valence-corrected chi connectivity index (χ2v) is 11.0. The Bertz CT molecular complexity index is 1810. The van der Waals surface area contributed by atoms with Crippen LogP contribution in [0.2, 0.25) is 5.15 Å². The molecule has 0 fully saturated rings. The highest BCUT2D eigenvalue weighted by Gasteiger charge is 2.26. The summed E-state index contributed by atoms with van der Waals surface area (Å²) in [6, 6.07) is 10.4. The molecule has 0 radical (unpaired) electrons. The van der Waals surface area contributed by atoms with Crippen molar-refractivity contribution in [3.05, 3.63) is 71.3 Å². The minimum Gasteiger partial charge on any atom is -0.494 e. The number of aromatic nitrogens is 7. The number of para-hydroxylation sites is 1. The van der Waals surface area contributed by atoms with Crippen molar-refractivity contribution in [2.75, 3.05) is 20.8 Å². The molecule has 0 aliphatic heterocycles. The fourth-order valence-corrected chi connectivity index (χ4v) is 5.60. The Morgan fingerprint density at radius 1 is 0.927 bits per heavy atom. The van der Waals surface area contributed by atoms with Gasteiger partial charge < -0.3 is 14.2 Å². The normalized spacial score (nSPS) is 11.5. The molecule has 5 rings (SSSR count). The summed E-state index contributed by atoms with van der Waals surface area (Å²) in [5, 5.41) is -0.152. The van der Waals surface area contributed by atoms with E-state index in [4.69, 9.17) is 25.8 Å². The van der Waals surface area contributed by atoms with Gasteiger partial charge in [0.1, 0.15) is 34.5 Å². The van der Waals surface area contributed by atoms with Gasteiger partial charge in [-0.25, -0.2) is 42.7 Å². The Balaban J connectivity index is 1.70. The molecule has 4 aromatic heterocycles. The SMILES string of the molecule is CCOc1cccc(-c2nc3nc(Cl)c(CS(=O)(=O)Cc4ncc(F)cn4)nc3n2-c2c(OC)cccc2OC)n1. The number of pyridine rings is 1. The van der Waals surface area contributed by atoms with Crippen LogP contribution in [0.3, 0.4) is 0 Å². The molecule has 0 aliphatic rings. The summed E-state index contributed by atoms with van der Waals surface area (Å²) in [5.41, 5.74) is 1.13. The van der Waals surface area contributed by atoms with Gasteiger partial charge in [-0.05, 0) is 25.1 Å². The first-order chi connectivity index (χ1) is 19.7. The van der Waals surface area contributed by atoms with Crippen LogP contribution >= 0.6 is 11.6 Å². The van der Waals surface area contributed by atoms with Crippen LogP contribution in [0, 0.1) is 5.82 Å². The van der Waals surface area contributed by atoms with Crippen molar-refractivity contribution in [3.8, 4) is 34.6 Å². The standard InChI is InChI=1S/C26H23ClFN7O5S/c1-4-40-21-10-5-7-16(31-21)25-34-24-26(35(25)22-18(38-2)8-6-9-19(22)39-3)32-17(23(27)33-24)13-41(36,37)14-20-29-11-15(28)12-30-20/h5-12H,4,13-14H2,1-3H3. The molecular weight excluding hydrogens is 577 g/mol. The summed E-state index contributed by atoms with van der Waals surface area (Å²) in [4.78, 5) is 25.7. The molecule has 0 aliphatic carbocycles. The zero-order valence-corrected chi connectivity index (χ0v) is 23.6. The van der Waals surface area contributed by atoms with E-state index in [0.29, 0.717) is 41.2 Å². The highest BCUT2D eigenvalue weighted by atomic mass is 35.5. The lowest BCUT2D eigenvalue weighted by atomic mass is 10.2. The van der Waals surface area contributed by atoms with E-state index in [-0.39, 0.29) is 28.0 Å². The van der Waals surface area contributed by atoms with Crippen molar-refractivity contribution < 1.29 is 27.0 Å². The van der Waals surface area contributed by atoms with E-state index in [9.17, 15) is 12.8 Å². The Morgan fingerprint density at radius 2 is 1.61 bits per heavy atom. The number of sulfone groups is 1. The molecule has 41 heavy (non-hydrogen) atoms. The number of hydrogen-bond acceptors (Lipinski definition) is 11. The summed E-state index contributed by atoms with van der Waals surface area (Å²) in [5.74, 6) is -0.357. The minimum absolute atomic E-state index is 0.0288. The molecule has 12 nitrogen and oxygen atoms in total. The maximum absolute atomic E-state index is 13.2. The first kappa shape index (κ1) is 28.1. The molecule has 0 atom stereocenters. The van der Waals surface area contributed by atoms with Crippen LogP contribution in [0.25, 0.3) is 28.5 Å². The topological polar surface area (TPSA) is 144 Å². The number of nitrogens with zero attached hydrogens (tertiary/aromatic N) is 7. The zero-order chi connectivity index (χ0) is 29.1. The maximum Gasteiger partial charge on any atom is 0.213 e. The van der Waals surface area contributed by atoms with Crippen molar-refractivity contribution in [2.45, 2.75) is 18.4 Å². The smallest absolute Gasteiger partial charge is 0.213 e. The van der Waals surface area contributed by atoms with Crippen molar-refractivity contribution in [1.82, 2.24) is 34.5 Å². The van der Waals surface area contributed by atoms with Crippen LogP contribution in [0.1, 0.15) is 18.4 Å². The van der Waals surface area contributed by atoms with Gasteiger partial charge in [0.2, 0.25) is 5.88 Å². The van der Waals surface area contributed by atoms with Gasteiger partial charge in [-0.15, -0.1) is 0 Å². The number of hydrogen-bond donors (Lipinski definition) is 0. The molecule has 4 heterocycles. The van der Waals surface area contributed by atoms with Gasteiger partial charge in [0, 0.05) is 6.07 Å². The third-order valence-electron chi connectivity index (χ3n) is 5.77. The van der Waals surface area contributed by atoms with Crippen LogP contribution in [-0.2, 0) is 21.3 Å². The van der Waals surface area contributed by atoms with E-state index >= 15 is 0 Å². The van der Waals surface area contributed by atoms with Gasteiger partial charge in [-0.1, -0.05) is 23.7 Å². The Labute approximate surface area is 239 Å². The lowest BCUT2D eigenvalue weighted by molar-refractivity contribution is 0.327. The third-order valence-corrected chi connectivity index (χ3v) is 7.48. The number of halogens is 2. The molecule has 0 bridgehead atoms. The summed E-state index contributed by atoms with van der Waals surface area (Å²) >= 11 is 6.42. The fraction of sp³-hybridized carbons (Fsp3) is 0.231. The molecule has 0 spiro atoms. The van der Waals surface area contributed by atoms with E-state index in [1.807, 2.05) is 6.92 Å². The average Bonchev–Trinajstić information content (AvgIpc) is 3.31. The summed E-state index contributed by atoms with van der Waals surface area (Å²) in [6.45, 7) is 2.25. The van der Waals surface area contributed by atoms with Crippen LogP contribution in [-0.4, -0.2) is 63.7 Å². The van der Waals surface area contributed by atoms with E-state index in [0.717, 1.165) is 12.4 Å². The summed E-state index contributed by atoms with van der Waals surface area (Å²) in [6.07, 6.45) is 1.79. The molecule has 0 unspecified atom stereocenters. The van der Waals surface area contributed by atoms with Crippen molar-refractivity contribution in [3.63, 3.8) is 0 Å². The van der Waals surface area contributed by atoms with Crippen molar-refractivity contribution >= 4 is 32.7 Å². The van der Waals surface area contributed by atoms with Crippen molar-refractivity contribution in [2.24, 2.45) is 0 Å². The lowest BCUT2D eigenvalue weighted by Crippen LogP contribution is -2.13. The van der Waals surface area contributed by atoms with Crippen LogP contribution in [0.15, 0.2) is 48.8 Å². The predicted molar refractivity (Wildman–Crippen MR) is 147 cm³/mol. The van der Waals surface area contributed by atoms with Crippen LogP contribution < -0.4 is 14.2 Å². The highest BCUT2D eigenvalue weighted by Crippen LogP contribution is 2.38. The van der Waals surface area contributed by atoms with Gasteiger partial charge in [0.25, 0.3) is 0 Å². The number of imidazole rings is 1. The number of benzene rings is 1. The molecule has 0 N–H and O–H groups in total. The fourth-order valence-electron chi connectivity index (χ4n) is 4.07. The molecular formula is C26H23ClFN7O5S. The molecule has 0 saturated carbocycles. The summed E-state index contributed by atoms with van der Waals surface area (Å²) in [7, 11) is -0.888. The Morgan fingerprint density at radius 3 is 2.27 bits per heavy atom. The van der Waals surface area contributed by atoms with Gasteiger partial charge in [-0.3, -0.25) is 4.57 Å². The predicted octanol–water partition coefficient (Wildman–Crippen LogP) is 3.99. The van der Waals surface area contributed by atoms with Crippen molar-refractivity contribution in [1.29, 1.82) is 0 Å². The van der Waals surface area contributed by atoms with E-state index in [1.165, 1.54) is 14.2 Å². The number of fused-ring (bicyclic) bond motifs is 1. The summed E-state index contributed by atoms with van der Waals surface area (Å²) < 4.78 is 57.7. The number of ether oxygens (including phenoxy) is 3. The van der Waals surface area contributed by atoms with Gasteiger partial charge >= 0.3 is 0 Å². The second kappa shape index (κ2) is 11.6. The average molecular weight is 600 g/mol. The molecule has 15 heteroatoms. The highest BCUT2D eigenvalue weighted by molar-refractivity contribution is 7.89. The van der Waals surface area contributed by atoms with Crippen LogP contribution in [0.4, 0.5) is 4.39 Å². The largest absolute Gasteiger partial charge is 0.494 e. The van der Waals surface area contributed by atoms with Crippen LogP contribution in [0.5, 0.6) is 17.4 Å². The van der Waals surface area contributed by atoms with E-state index in [1.54, 1.807) is 41.0 Å². The maximum atomic E-state index is 13.2. The molecule has 1 aromatic carbocycles. The van der Waals surface area contributed by atoms with Gasteiger partial charge in [0.15, 0.2) is 37.9 Å². The first-order valence-corrected chi connectivity index (χ1v) is 14.4. The minimum atomic E-state index is -3.89. The molecule has 5 aromatic rings. The van der Waals surface area contributed by atoms with E-state index in [2.05, 4.69) is 29.9 Å². The zero-order valence-electron chi connectivity index (χ0n) is 22.1. The molecule has 0 amide bonds. The second-order valence-electron chi connectivity index (χ2n) is 8.53. The number of methoxy groups -OCH3 is 2. The first-order valence-electron chi connectivity index (χ1n) is 12.2. The van der Waals surface area contributed by atoms with Gasteiger partial charge in [0.05, 0.1) is 44.7 Å². The third kappa shape index (κ3) is 5.88. The lowest BCUT2D eigenvalue weighted by Gasteiger charge is -2.16. The molecule has 0 saturated heterocycles. The molecule has 212 valence electrons. The Hall–Kier alpha value is -4.43.